The van der Waals surface area contributed by atoms with Crippen LogP contribution in [0.2, 0.25) is 0 Å². The van der Waals surface area contributed by atoms with Crippen LogP contribution in [0.4, 0.5) is 4.79 Å². The van der Waals surface area contributed by atoms with Gasteiger partial charge < -0.3 is 20.3 Å². The third-order valence-electron chi connectivity index (χ3n) is 2.62. The SMILES string of the molecule is CC(C)(C)OC(=O)NCC(O)C(O)c1ccccc1C#N. The summed E-state index contributed by atoms with van der Waals surface area (Å²) < 4.78 is 5.02. The molecule has 1 amide bonds. The van der Waals surface area contributed by atoms with Crippen LogP contribution in [0.5, 0.6) is 0 Å². The van der Waals surface area contributed by atoms with Gasteiger partial charge in [-0.3, -0.25) is 0 Å². The van der Waals surface area contributed by atoms with Crippen molar-refractivity contribution in [3.8, 4) is 6.07 Å². The van der Waals surface area contributed by atoms with Crippen molar-refractivity contribution < 1.29 is 19.7 Å². The predicted octanol–water partition coefficient (Wildman–Crippen LogP) is 1.48. The van der Waals surface area contributed by atoms with E-state index in [0.717, 1.165) is 0 Å². The van der Waals surface area contributed by atoms with Crippen molar-refractivity contribution in [3.63, 3.8) is 0 Å². The zero-order valence-corrected chi connectivity index (χ0v) is 12.3. The van der Waals surface area contributed by atoms with Crippen LogP contribution in [-0.2, 0) is 4.74 Å². The number of aliphatic hydroxyl groups excluding tert-OH is 2. The molecule has 21 heavy (non-hydrogen) atoms. The van der Waals surface area contributed by atoms with Gasteiger partial charge in [-0.2, -0.15) is 5.26 Å². The highest BCUT2D eigenvalue weighted by atomic mass is 16.6. The number of ether oxygens (including phenoxy) is 1. The molecular formula is C15H20N2O4. The van der Waals surface area contributed by atoms with Gasteiger partial charge >= 0.3 is 6.09 Å². The van der Waals surface area contributed by atoms with E-state index in [4.69, 9.17) is 10.00 Å². The molecule has 0 aromatic heterocycles. The summed E-state index contributed by atoms with van der Waals surface area (Å²) in [5.74, 6) is 0. The fourth-order valence-electron chi connectivity index (χ4n) is 1.68. The number of nitrogens with one attached hydrogen (secondary N) is 1. The van der Waals surface area contributed by atoms with Crippen molar-refractivity contribution in [2.75, 3.05) is 6.54 Å². The quantitative estimate of drug-likeness (QED) is 0.780. The van der Waals surface area contributed by atoms with Crippen molar-refractivity contribution in [1.82, 2.24) is 5.32 Å². The van der Waals surface area contributed by atoms with Gasteiger partial charge in [-0.05, 0) is 26.8 Å². The van der Waals surface area contributed by atoms with E-state index in [2.05, 4.69) is 5.32 Å². The second-order valence-corrected chi connectivity index (χ2v) is 5.59. The van der Waals surface area contributed by atoms with E-state index >= 15 is 0 Å². The predicted molar refractivity (Wildman–Crippen MR) is 76.4 cm³/mol. The molecule has 1 aromatic rings. The lowest BCUT2D eigenvalue weighted by Gasteiger charge is -2.22. The van der Waals surface area contributed by atoms with E-state index in [1.807, 2.05) is 6.07 Å². The van der Waals surface area contributed by atoms with Gasteiger partial charge in [-0.25, -0.2) is 4.79 Å². The second-order valence-electron chi connectivity index (χ2n) is 5.59. The molecule has 0 aliphatic rings. The molecule has 0 radical (unpaired) electrons. The molecule has 0 aliphatic heterocycles. The molecule has 0 saturated carbocycles. The molecule has 2 unspecified atom stereocenters. The van der Waals surface area contributed by atoms with Gasteiger partial charge in [0.2, 0.25) is 0 Å². The second kappa shape index (κ2) is 7.07. The van der Waals surface area contributed by atoms with E-state index in [1.165, 1.54) is 0 Å². The molecule has 0 bridgehead atoms. The third kappa shape index (κ3) is 5.42. The Labute approximate surface area is 124 Å². The highest BCUT2D eigenvalue weighted by Crippen LogP contribution is 2.20. The number of carbonyl (C=O) groups is 1. The van der Waals surface area contributed by atoms with Crippen LogP contribution >= 0.6 is 0 Å². The number of nitrogens with zero attached hydrogens (tertiary/aromatic N) is 1. The maximum atomic E-state index is 11.5. The van der Waals surface area contributed by atoms with Crippen LogP contribution in [0, 0.1) is 11.3 Å². The van der Waals surface area contributed by atoms with Crippen molar-refractivity contribution in [2.24, 2.45) is 0 Å². The maximum Gasteiger partial charge on any atom is 0.407 e. The zero-order chi connectivity index (χ0) is 16.0. The zero-order valence-electron chi connectivity index (χ0n) is 12.3. The molecule has 6 nitrogen and oxygen atoms in total. The Bertz CT molecular complexity index is 531. The molecule has 3 N–H and O–H groups in total. The molecule has 114 valence electrons. The van der Waals surface area contributed by atoms with Gasteiger partial charge in [-0.15, -0.1) is 0 Å². The molecule has 2 atom stereocenters. The molecule has 0 fully saturated rings. The summed E-state index contributed by atoms with van der Waals surface area (Å²) in [4.78, 5) is 11.5. The fraction of sp³-hybridized carbons (Fsp3) is 0.467. The standard InChI is InChI=1S/C15H20N2O4/c1-15(2,3)21-14(20)17-9-12(18)13(19)11-7-5-4-6-10(11)8-16/h4-7,12-13,18-19H,9H2,1-3H3,(H,17,20). The first-order chi connectivity index (χ1) is 9.74. The normalized spacial score (nSPS) is 13.9. The summed E-state index contributed by atoms with van der Waals surface area (Å²) in [5.41, 5.74) is -0.0408. The number of amides is 1. The molecule has 0 spiro atoms. The van der Waals surface area contributed by atoms with Gasteiger partial charge in [0.15, 0.2) is 0 Å². The first-order valence-electron chi connectivity index (χ1n) is 6.56. The van der Waals surface area contributed by atoms with Crippen LogP contribution in [0.1, 0.15) is 38.0 Å². The van der Waals surface area contributed by atoms with E-state index in [0.29, 0.717) is 5.56 Å². The number of hydrogen-bond donors (Lipinski definition) is 3. The average molecular weight is 292 g/mol. The lowest BCUT2D eigenvalue weighted by atomic mass is 9.99. The van der Waals surface area contributed by atoms with Gasteiger partial charge in [0.25, 0.3) is 0 Å². The summed E-state index contributed by atoms with van der Waals surface area (Å²) in [7, 11) is 0. The van der Waals surface area contributed by atoms with E-state index in [9.17, 15) is 15.0 Å². The first kappa shape index (κ1) is 17.0. The highest BCUT2D eigenvalue weighted by Gasteiger charge is 2.23. The molecule has 0 saturated heterocycles. The smallest absolute Gasteiger partial charge is 0.407 e. The Kier molecular flexibility index (Phi) is 5.70. The Hall–Kier alpha value is -2.10. The Balaban J connectivity index is 2.62. The minimum absolute atomic E-state index is 0.185. The lowest BCUT2D eigenvalue weighted by molar-refractivity contribution is 0.0128. The lowest BCUT2D eigenvalue weighted by Crippen LogP contribution is -2.39. The Morgan fingerprint density at radius 2 is 2.00 bits per heavy atom. The number of alkyl carbamates (subject to hydrolysis) is 1. The summed E-state index contributed by atoms with van der Waals surface area (Å²) in [6.07, 6.45) is -3.19. The van der Waals surface area contributed by atoms with E-state index in [-0.39, 0.29) is 12.1 Å². The highest BCUT2D eigenvalue weighted by molar-refractivity contribution is 5.67. The van der Waals surface area contributed by atoms with Gasteiger partial charge in [0, 0.05) is 12.1 Å². The number of benzene rings is 1. The number of rotatable bonds is 4. The van der Waals surface area contributed by atoms with E-state index < -0.39 is 23.9 Å². The Morgan fingerprint density at radius 1 is 1.38 bits per heavy atom. The number of carbonyl (C=O) groups excluding carboxylic acids is 1. The molecule has 1 aromatic carbocycles. The van der Waals surface area contributed by atoms with Crippen molar-refractivity contribution >= 4 is 6.09 Å². The molecule has 6 heteroatoms. The molecule has 1 rings (SSSR count). The van der Waals surface area contributed by atoms with E-state index in [1.54, 1.807) is 45.0 Å². The maximum absolute atomic E-state index is 11.5. The van der Waals surface area contributed by atoms with Gasteiger partial charge in [0.1, 0.15) is 17.8 Å². The third-order valence-corrected chi connectivity index (χ3v) is 2.62. The van der Waals surface area contributed by atoms with Crippen LogP contribution in [0.25, 0.3) is 0 Å². The average Bonchev–Trinajstić information content (AvgIpc) is 2.42. The summed E-state index contributed by atoms with van der Waals surface area (Å²) in [5, 5.41) is 31.3. The topological polar surface area (TPSA) is 103 Å². The van der Waals surface area contributed by atoms with Gasteiger partial charge in [-0.1, -0.05) is 18.2 Å². The molecule has 0 heterocycles. The van der Waals surface area contributed by atoms with Crippen LogP contribution < -0.4 is 5.32 Å². The molecular weight excluding hydrogens is 272 g/mol. The fourth-order valence-corrected chi connectivity index (χ4v) is 1.68. The van der Waals surface area contributed by atoms with Crippen LogP contribution in [0.3, 0.4) is 0 Å². The van der Waals surface area contributed by atoms with Crippen molar-refractivity contribution in [2.45, 2.75) is 38.6 Å². The first-order valence-corrected chi connectivity index (χ1v) is 6.56. The summed E-state index contributed by atoms with van der Waals surface area (Å²) in [6.45, 7) is 4.99. The summed E-state index contributed by atoms with van der Waals surface area (Å²) >= 11 is 0. The summed E-state index contributed by atoms with van der Waals surface area (Å²) in [6, 6.07) is 8.37. The minimum atomic E-state index is -1.27. The number of hydrogen-bond acceptors (Lipinski definition) is 5. The van der Waals surface area contributed by atoms with Gasteiger partial charge in [0.05, 0.1) is 11.6 Å². The van der Waals surface area contributed by atoms with Crippen molar-refractivity contribution in [1.29, 1.82) is 5.26 Å². The number of nitriles is 1. The van der Waals surface area contributed by atoms with Crippen LogP contribution in [-0.4, -0.2) is 34.6 Å². The van der Waals surface area contributed by atoms with Crippen molar-refractivity contribution in [3.05, 3.63) is 35.4 Å². The largest absolute Gasteiger partial charge is 0.444 e. The minimum Gasteiger partial charge on any atom is -0.444 e. The Morgan fingerprint density at radius 3 is 2.57 bits per heavy atom. The monoisotopic (exact) mass is 292 g/mol. The molecule has 0 aliphatic carbocycles. The number of aliphatic hydroxyl groups is 2. The van der Waals surface area contributed by atoms with Crippen LogP contribution in [0.15, 0.2) is 24.3 Å².